The van der Waals surface area contributed by atoms with Crippen molar-refractivity contribution in [3.8, 4) is 0 Å². The summed E-state index contributed by atoms with van der Waals surface area (Å²) in [4.78, 5) is 0. The minimum absolute atomic E-state index is 0.164. The first-order valence-electron chi connectivity index (χ1n) is 5.00. The molecule has 0 radical (unpaired) electrons. The van der Waals surface area contributed by atoms with Crippen LogP contribution in [0.4, 0.5) is 5.69 Å². The Morgan fingerprint density at radius 1 is 1.43 bits per heavy atom. The summed E-state index contributed by atoms with van der Waals surface area (Å²) in [7, 11) is 0. The molecule has 0 aromatic heterocycles. The van der Waals surface area contributed by atoms with Gasteiger partial charge in [-0.2, -0.15) is 0 Å². The van der Waals surface area contributed by atoms with Crippen LogP contribution in [-0.4, -0.2) is 6.54 Å². The lowest BCUT2D eigenvalue weighted by Crippen LogP contribution is -2.34. The van der Waals surface area contributed by atoms with Crippen LogP contribution in [0.2, 0.25) is 5.02 Å². The van der Waals surface area contributed by atoms with Crippen molar-refractivity contribution in [2.24, 2.45) is 11.1 Å². The Balaban J connectivity index is 2.09. The third-order valence-electron chi connectivity index (χ3n) is 3.53. The summed E-state index contributed by atoms with van der Waals surface area (Å²) >= 11 is 5.97. The van der Waals surface area contributed by atoms with Crippen LogP contribution in [0, 0.1) is 5.41 Å². The van der Waals surface area contributed by atoms with E-state index >= 15 is 0 Å². The van der Waals surface area contributed by atoms with Gasteiger partial charge >= 0.3 is 0 Å². The average molecular weight is 209 g/mol. The Kier molecular flexibility index (Phi) is 1.62. The molecule has 0 amide bonds. The van der Waals surface area contributed by atoms with E-state index in [0.717, 1.165) is 17.3 Å². The predicted octanol–water partition coefficient (Wildman–Crippen LogP) is 2.55. The van der Waals surface area contributed by atoms with E-state index in [1.807, 2.05) is 18.2 Å². The van der Waals surface area contributed by atoms with E-state index in [4.69, 9.17) is 17.3 Å². The normalized spacial score (nSPS) is 26.9. The summed E-state index contributed by atoms with van der Waals surface area (Å²) in [5.41, 5.74) is 8.92. The summed E-state index contributed by atoms with van der Waals surface area (Å²) in [5, 5.41) is 4.21. The van der Waals surface area contributed by atoms with Crippen molar-refractivity contribution in [1.29, 1.82) is 0 Å². The second-order valence-corrected chi connectivity index (χ2v) is 4.86. The minimum Gasteiger partial charge on any atom is -0.384 e. The van der Waals surface area contributed by atoms with E-state index in [-0.39, 0.29) is 6.04 Å². The summed E-state index contributed by atoms with van der Waals surface area (Å²) in [6, 6.07) is 6.09. The van der Waals surface area contributed by atoms with E-state index in [2.05, 4.69) is 5.32 Å². The molecule has 1 heterocycles. The molecule has 1 spiro atoms. The lowest BCUT2D eigenvalue weighted by Gasteiger charge is -2.32. The molecule has 1 fully saturated rings. The number of halogens is 1. The van der Waals surface area contributed by atoms with Crippen LogP contribution in [0.3, 0.4) is 0 Å². The molecule has 2 aliphatic rings. The standard InChI is InChI=1S/C11H13ClN2/c12-7-1-2-9-8(5-7)10(13)11(3-4-11)6-14-9/h1-2,5,10,14H,3-4,6,13H2. The first kappa shape index (κ1) is 8.57. The van der Waals surface area contributed by atoms with Crippen molar-refractivity contribution in [3.05, 3.63) is 28.8 Å². The largest absolute Gasteiger partial charge is 0.384 e. The van der Waals surface area contributed by atoms with Crippen LogP contribution in [-0.2, 0) is 0 Å². The Bertz CT molecular complexity index is 385. The fraction of sp³-hybridized carbons (Fsp3) is 0.455. The number of fused-ring (bicyclic) bond motifs is 1. The Morgan fingerprint density at radius 3 is 2.93 bits per heavy atom. The van der Waals surface area contributed by atoms with Gasteiger partial charge in [0, 0.05) is 28.7 Å². The van der Waals surface area contributed by atoms with Crippen LogP contribution < -0.4 is 11.1 Å². The van der Waals surface area contributed by atoms with E-state index in [0.29, 0.717) is 5.41 Å². The molecule has 1 aromatic carbocycles. The molecule has 3 heteroatoms. The van der Waals surface area contributed by atoms with Gasteiger partial charge in [0.1, 0.15) is 0 Å². The van der Waals surface area contributed by atoms with Crippen LogP contribution in [0.25, 0.3) is 0 Å². The lowest BCUT2D eigenvalue weighted by atomic mass is 9.86. The molecule has 0 bridgehead atoms. The van der Waals surface area contributed by atoms with Crippen molar-refractivity contribution >= 4 is 17.3 Å². The fourth-order valence-electron chi connectivity index (χ4n) is 2.31. The van der Waals surface area contributed by atoms with E-state index in [1.165, 1.54) is 18.4 Å². The zero-order valence-electron chi connectivity index (χ0n) is 7.89. The number of rotatable bonds is 0. The van der Waals surface area contributed by atoms with Gasteiger partial charge in [0.25, 0.3) is 0 Å². The third-order valence-corrected chi connectivity index (χ3v) is 3.77. The van der Waals surface area contributed by atoms with Gasteiger partial charge in [-0.3, -0.25) is 0 Å². The van der Waals surface area contributed by atoms with E-state index < -0.39 is 0 Å². The monoisotopic (exact) mass is 208 g/mol. The first-order valence-corrected chi connectivity index (χ1v) is 5.38. The van der Waals surface area contributed by atoms with Crippen molar-refractivity contribution < 1.29 is 0 Å². The number of hydrogen-bond donors (Lipinski definition) is 2. The lowest BCUT2D eigenvalue weighted by molar-refractivity contribution is 0.418. The third kappa shape index (κ3) is 1.07. The van der Waals surface area contributed by atoms with Gasteiger partial charge in [-0.15, -0.1) is 0 Å². The zero-order chi connectivity index (χ0) is 9.76. The Morgan fingerprint density at radius 2 is 2.21 bits per heavy atom. The zero-order valence-corrected chi connectivity index (χ0v) is 8.64. The molecule has 1 saturated carbocycles. The van der Waals surface area contributed by atoms with Crippen LogP contribution >= 0.6 is 11.6 Å². The molecule has 74 valence electrons. The summed E-state index contributed by atoms with van der Waals surface area (Å²) < 4.78 is 0. The summed E-state index contributed by atoms with van der Waals surface area (Å²) in [6.07, 6.45) is 2.49. The first-order chi connectivity index (χ1) is 6.71. The summed E-state index contributed by atoms with van der Waals surface area (Å²) in [5.74, 6) is 0. The molecule has 1 unspecified atom stereocenters. The van der Waals surface area contributed by atoms with Crippen LogP contribution in [0.1, 0.15) is 24.4 Å². The van der Waals surface area contributed by atoms with Gasteiger partial charge in [0.05, 0.1) is 0 Å². The smallest absolute Gasteiger partial charge is 0.0410 e. The van der Waals surface area contributed by atoms with Gasteiger partial charge in [0.15, 0.2) is 0 Å². The second-order valence-electron chi connectivity index (χ2n) is 4.43. The van der Waals surface area contributed by atoms with Gasteiger partial charge in [-0.05, 0) is 36.6 Å². The molecule has 0 saturated heterocycles. The van der Waals surface area contributed by atoms with Gasteiger partial charge in [-0.1, -0.05) is 11.6 Å². The summed E-state index contributed by atoms with van der Waals surface area (Å²) in [6.45, 7) is 1.02. The highest BCUT2D eigenvalue weighted by Crippen LogP contribution is 2.57. The highest BCUT2D eigenvalue weighted by atomic mass is 35.5. The Labute approximate surface area is 88.4 Å². The maximum Gasteiger partial charge on any atom is 0.0410 e. The van der Waals surface area contributed by atoms with Crippen molar-refractivity contribution in [2.45, 2.75) is 18.9 Å². The van der Waals surface area contributed by atoms with Gasteiger partial charge in [0.2, 0.25) is 0 Å². The van der Waals surface area contributed by atoms with Crippen molar-refractivity contribution in [1.82, 2.24) is 0 Å². The number of anilines is 1. The SMILES string of the molecule is NC1c2cc(Cl)ccc2NCC12CC2. The molecule has 3 rings (SSSR count). The number of hydrogen-bond acceptors (Lipinski definition) is 2. The van der Waals surface area contributed by atoms with Crippen molar-refractivity contribution in [3.63, 3.8) is 0 Å². The molecule has 14 heavy (non-hydrogen) atoms. The highest BCUT2D eigenvalue weighted by molar-refractivity contribution is 6.30. The van der Waals surface area contributed by atoms with E-state index in [9.17, 15) is 0 Å². The molecular weight excluding hydrogens is 196 g/mol. The van der Waals surface area contributed by atoms with Gasteiger partial charge in [-0.25, -0.2) is 0 Å². The van der Waals surface area contributed by atoms with Crippen LogP contribution in [0.5, 0.6) is 0 Å². The molecule has 1 aromatic rings. The predicted molar refractivity (Wildman–Crippen MR) is 58.5 cm³/mol. The van der Waals surface area contributed by atoms with E-state index in [1.54, 1.807) is 0 Å². The number of nitrogens with one attached hydrogen (secondary N) is 1. The molecule has 2 nitrogen and oxygen atoms in total. The highest BCUT2D eigenvalue weighted by Gasteiger charge is 2.50. The molecule has 3 N–H and O–H groups in total. The maximum absolute atomic E-state index is 6.26. The fourth-order valence-corrected chi connectivity index (χ4v) is 2.49. The maximum atomic E-state index is 6.26. The minimum atomic E-state index is 0.164. The van der Waals surface area contributed by atoms with Crippen molar-refractivity contribution in [2.75, 3.05) is 11.9 Å². The topological polar surface area (TPSA) is 38.0 Å². The second kappa shape index (κ2) is 2.65. The average Bonchev–Trinajstić information content (AvgIpc) is 2.94. The van der Waals surface area contributed by atoms with Gasteiger partial charge < -0.3 is 11.1 Å². The molecular formula is C11H13ClN2. The quantitative estimate of drug-likeness (QED) is 0.688. The Hall–Kier alpha value is -0.730. The van der Waals surface area contributed by atoms with Crippen LogP contribution in [0.15, 0.2) is 18.2 Å². The molecule has 1 atom stereocenters. The molecule has 1 aliphatic heterocycles. The number of benzene rings is 1. The molecule has 1 aliphatic carbocycles. The number of nitrogens with two attached hydrogens (primary N) is 1.